The average Bonchev–Trinajstić information content (AvgIpc) is 2.98. The fourth-order valence-electron chi connectivity index (χ4n) is 3.67. The van der Waals surface area contributed by atoms with Crippen LogP contribution in [0.3, 0.4) is 0 Å². The first kappa shape index (κ1) is 22.3. The molecule has 0 saturated carbocycles. The predicted octanol–water partition coefficient (Wildman–Crippen LogP) is 2.91. The van der Waals surface area contributed by atoms with Gasteiger partial charge in [-0.25, -0.2) is 4.39 Å². The van der Waals surface area contributed by atoms with Crippen molar-refractivity contribution in [2.24, 2.45) is 0 Å². The van der Waals surface area contributed by atoms with E-state index in [-0.39, 0.29) is 29.0 Å². The molecule has 1 amide bonds. The SMILES string of the molecule is COc1ccc(C(O)=C2C(=O)C(=O)N(CCCN(C)C)[C@@H]2c2ccccc2F)c(O)c1. The highest BCUT2D eigenvalue weighted by molar-refractivity contribution is 6.46. The van der Waals surface area contributed by atoms with E-state index in [4.69, 9.17) is 4.74 Å². The largest absolute Gasteiger partial charge is 0.507 e. The molecule has 164 valence electrons. The molecule has 0 spiro atoms. The van der Waals surface area contributed by atoms with Gasteiger partial charge in [-0.15, -0.1) is 0 Å². The molecule has 7 nitrogen and oxygen atoms in total. The molecule has 0 unspecified atom stereocenters. The number of aliphatic hydroxyl groups excluding tert-OH is 1. The summed E-state index contributed by atoms with van der Waals surface area (Å²) >= 11 is 0. The van der Waals surface area contributed by atoms with E-state index in [0.29, 0.717) is 18.7 Å². The monoisotopic (exact) mass is 428 g/mol. The molecule has 0 radical (unpaired) electrons. The van der Waals surface area contributed by atoms with Crippen LogP contribution in [0, 0.1) is 5.82 Å². The minimum Gasteiger partial charge on any atom is -0.507 e. The first-order valence-corrected chi connectivity index (χ1v) is 9.81. The van der Waals surface area contributed by atoms with Crippen LogP contribution in [0.2, 0.25) is 0 Å². The van der Waals surface area contributed by atoms with Crippen LogP contribution in [0.4, 0.5) is 4.39 Å². The number of ether oxygens (including phenoxy) is 1. The Balaban J connectivity index is 2.14. The van der Waals surface area contributed by atoms with Gasteiger partial charge in [0.1, 0.15) is 23.1 Å². The third-order valence-electron chi connectivity index (χ3n) is 5.20. The Kier molecular flexibility index (Phi) is 6.60. The third kappa shape index (κ3) is 4.39. The van der Waals surface area contributed by atoms with Crippen molar-refractivity contribution >= 4 is 17.4 Å². The maximum Gasteiger partial charge on any atom is 0.295 e. The second-order valence-electron chi connectivity index (χ2n) is 7.55. The van der Waals surface area contributed by atoms with Crippen molar-refractivity contribution in [3.05, 3.63) is 65.0 Å². The number of aliphatic hydroxyl groups is 1. The first-order chi connectivity index (χ1) is 14.8. The van der Waals surface area contributed by atoms with Crippen molar-refractivity contribution in [2.75, 3.05) is 34.3 Å². The second-order valence-corrected chi connectivity index (χ2v) is 7.55. The number of hydrogen-bond acceptors (Lipinski definition) is 6. The number of phenolic OH excluding ortho intramolecular Hbond substituents is 1. The zero-order valence-corrected chi connectivity index (χ0v) is 17.6. The lowest BCUT2D eigenvalue weighted by molar-refractivity contribution is -0.140. The highest BCUT2D eigenvalue weighted by atomic mass is 19.1. The Morgan fingerprint density at radius 2 is 1.90 bits per heavy atom. The van der Waals surface area contributed by atoms with Gasteiger partial charge in [-0.2, -0.15) is 0 Å². The Labute approximate surface area is 180 Å². The summed E-state index contributed by atoms with van der Waals surface area (Å²) in [5, 5.41) is 21.3. The molecular weight excluding hydrogens is 403 g/mol. The number of ketones is 1. The molecule has 31 heavy (non-hydrogen) atoms. The van der Waals surface area contributed by atoms with Gasteiger partial charge in [-0.1, -0.05) is 18.2 Å². The Morgan fingerprint density at radius 3 is 2.52 bits per heavy atom. The molecule has 0 bridgehead atoms. The summed E-state index contributed by atoms with van der Waals surface area (Å²) in [6.07, 6.45) is 0.554. The molecule has 0 aromatic heterocycles. The molecule has 2 N–H and O–H groups in total. The number of benzene rings is 2. The van der Waals surface area contributed by atoms with Gasteiger partial charge >= 0.3 is 0 Å². The van der Waals surface area contributed by atoms with E-state index in [0.717, 1.165) is 0 Å². The van der Waals surface area contributed by atoms with Gasteiger partial charge in [0.25, 0.3) is 11.7 Å². The minimum absolute atomic E-state index is 0.0477. The van der Waals surface area contributed by atoms with E-state index in [1.807, 2.05) is 19.0 Å². The summed E-state index contributed by atoms with van der Waals surface area (Å²) in [5.74, 6) is -2.89. The number of hydrogen-bond donors (Lipinski definition) is 2. The van der Waals surface area contributed by atoms with E-state index in [1.165, 1.54) is 48.4 Å². The van der Waals surface area contributed by atoms with Crippen LogP contribution in [-0.2, 0) is 9.59 Å². The quantitative estimate of drug-likeness (QED) is 0.400. The lowest BCUT2D eigenvalue weighted by Gasteiger charge is -2.26. The molecule has 1 fully saturated rings. The zero-order chi connectivity index (χ0) is 22.7. The van der Waals surface area contributed by atoms with Gasteiger partial charge in [0.15, 0.2) is 0 Å². The Bertz CT molecular complexity index is 1030. The predicted molar refractivity (Wildman–Crippen MR) is 113 cm³/mol. The molecule has 3 rings (SSSR count). The summed E-state index contributed by atoms with van der Waals surface area (Å²) < 4.78 is 19.7. The van der Waals surface area contributed by atoms with Gasteiger partial charge < -0.3 is 24.7 Å². The number of likely N-dealkylation sites (tertiary alicyclic amines) is 1. The number of carbonyl (C=O) groups is 2. The van der Waals surface area contributed by atoms with Crippen LogP contribution in [0.15, 0.2) is 48.0 Å². The number of aromatic hydroxyl groups is 1. The van der Waals surface area contributed by atoms with Crippen molar-refractivity contribution in [1.29, 1.82) is 0 Å². The number of nitrogens with zero attached hydrogens (tertiary/aromatic N) is 2. The molecule has 1 heterocycles. The third-order valence-corrected chi connectivity index (χ3v) is 5.20. The summed E-state index contributed by atoms with van der Waals surface area (Å²) in [7, 11) is 5.19. The first-order valence-electron chi connectivity index (χ1n) is 9.81. The van der Waals surface area contributed by atoms with Crippen LogP contribution in [0.5, 0.6) is 11.5 Å². The fourth-order valence-corrected chi connectivity index (χ4v) is 3.67. The van der Waals surface area contributed by atoms with Crippen molar-refractivity contribution in [2.45, 2.75) is 12.5 Å². The van der Waals surface area contributed by atoms with Crippen LogP contribution < -0.4 is 4.74 Å². The summed E-state index contributed by atoms with van der Waals surface area (Å²) in [4.78, 5) is 28.9. The number of rotatable bonds is 7. The standard InChI is InChI=1S/C23H25FN2O5/c1-25(2)11-6-12-26-20(15-7-4-5-8-17(15)24)19(22(29)23(26)30)21(28)16-10-9-14(31-3)13-18(16)27/h4-5,7-10,13,20,27-28H,6,11-12H2,1-3H3/t20-/m1/s1. The van der Waals surface area contributed by atoms with Crippen molar-refractivity contribution in [1.82, 2.24) is 9.80 Å². The summed E-state index contributed by atoms with van der Waals surface area (Å²) in [6, 6.07) is 8.87. The molecular formula is C23H25FN2O5. The van der Waals surface area contributed by atoms with Crippen LogP contribution >= 0.6 is 0 Å². The maximum atomic E-state index is 14.7. The topological polar surface area (TPSA) is 90.3 Å². The van der Waals surface area contributed by atoms with Crippen molar-refractivity contribution in [3.8, 4) is 11.5 Å². The van der Waals surface area contributed by atoms with Gasteiger partial charge in [0.2, 0.25) is 0 Å². The van der Waals surface area contributed by atoms with E-state index in [1.54, 1.807) is 6.07 Å². The van der Waals surface area contributed by atoms with Crippen LogP contribution in [0.25, 0.3) is 5.76 Å². The smallest absolute Gasteiger partial charge is 0.295 e. The van der Waals surface area contributed by atoms with Gasteiger partial charge in [0.05, 0.1) is 24.3 Å². The summed E-state index contributed by atoms with van der Waals surface area (Å²) in [5.41, 5.74) is -0.213. The van der Waals surface area contributed by atoms with Crippen molar-refractivity contribution in [3.63, 3.8) is 0 Å². The van der Waals surface area contributed by atoms with E-state index < -0.39 is 29.3 Å². The van der Waals surface area contributed by atoms with E-state index >= 15 is 0 Å². The normalized spacial score (nSPS) is 18.1. The van der Waals surface area contributed by atoms with Gasteiger partial charge in [-0.05, 0) is 45.3 Å². The summed E-state index contributed by atoms with van der Waals surface area (Å²) in [6.45, 7) is 0.861. The highest BCUT2D eigenvalue weighted by Crippen LogP contribution is 2.42. The number of methoxy groups -OCH3 is 1. The maximum absolute atomic E-state index is 14.7. The van der Waals surface area contributed by atoms with E-state index in [9.17, 15) is 24.2 Å². The number of Topliss-reactive ketones (excluding diaryl/α,β-unsaturated/α-hetero) is 1. The number of carbonyl (C=O) groups excluding carboxylic acids is 2. The lowest BCUT2D eigenvalue weighted by Crippen LogP contribution is -2.32. The lowest BCUT2D eigenvalue weighted by atomic mass is 9.94. The van der Waals surface area contributed by atoms with E-state index in [2.05, 4.69) is 0 Å². The number of halogens is 1. The molecule has 2 aromatic carbocycles. The Morgan fingerprint density at radius 1 is 1.19 bits per heavy atom. The molecule has 1 saturated heterocycles. The molecule has 0 aliphatic carbocycles. The molecule has 1 aliphatic heterocycles. The second kappa shape index (κ2) is 9.18. The minimum atomic E-state index is -1.11. The highest BCUT2D eigenvalue weighted by Gasteiger charge is 2.46. The van der Waals surface area contributed by atoms with Gasteiger partial charge in [0, 0.05) is 18.2 Å². The molecule has 8 heteroatoms. The molecule has 2 aromatic rings. The van der Waals surface area contributed by atoms with Gasteiger partial charge in [-0.3, -0.25) is 9.59 Å². The fraction of sp³-hybridized carbons (Fsp3) is 0.304. The number of amides is 1. The van der Waals surface area contributed by atoms with Crippen LogP contribution in [-0.4, -0.2) is 66.0 Å². The van der Waals surface area contributed by atoms with Crippen LogP contribution in [0.1, 0.15) is 23.6 Å². The molecule has 1 atom stereocenters. The average molecular weight is 428 g/mol. The zero-order valence-electron chi connectivity index (χ0n) is 17.6. The van der Waals surface area contributed by atoms with Crippen molar-refractivity contribution < 1.29 is 28.9 Å². The Hall–Kier alpha value is -3.39. The molecule has 1 aliphatic rings. The number of phenols is 1.